The topological polar surface area (TPSA) is 34.6 Å². The summed E-state index contributed by atoms with van der Waals surface area (Å²) < 4.78 is 25.6. The summed E-state index contributed by atoms with van der Waals surface area (Å²) in [4.78, 5) is 6.44. The zero-order chi connectivity index (χ0) is 14.9. The van der Waals surface area contributed by atoms with Crippen LogP contribution in [0.15, 0.2) is 30.5 Å². The number of rotatable bonds is 2. The number of ether oxygens (including phenoxy) is 2. The summed E-state index contributed by atoms with van der Waals surface area (Å²) in [5.74, 6) is -0.275. The molecule has 2 saturated heterocycles. The lowest BCUT2D eigenvalue weighted by molar-refractivity contribution is -0.0542. The summed E-state index contributed by atoms with van der Waals surface area (Å²) in [5.41, 5.74) is 1.45. The van der Waals surface area contributed by atoms with E-state index in [1.54, 1.807) is 12.3 Å². The van der Waals surface area contributed by atoms with E-state index in [-0.39, 0.29) is 18.0 Å². The number of morpholine rings is 1. The molecule has 2 aliphatic rings. The average molecular weight is 302 g/mol. The molecule has 0 aliphatic carbocycles. The average Bonchev–Trinajstić information content (AvgIpc) is 3.09. The number of aromatic nitrogens is 1. The van der Waals surface area contributed by atoms with Crippen molar-refractivity contribution in [2.45, 2.75) is 25.0 Å². The zero-order valence-corrected chi connectivity index (χ0v) is 12.4. The number of hydrogen-bond donors (Lipinski definition) is 0. The minimum absolute atomic E-state index is 0.0908. The van der Waals surface area contributed by atoms with Gasteiger partial charge in [0.05, 0.1) is 12.7 Å². The van der Waals surface area contributed by atoms with Gasteiger partial charge in [-0.25, -0.2) is 4.39 Å². The van der Waals surface area contributed by atoms with Crippen LogP contribution in [0.1, 0.15) is 12.8 Å². The molecule has 0 radical (unpaired) electrons. The van der Waals surface area contributed by atoms with Gasteiger partial charge in [0, 0.05) is 37.0 Å². The Morgan fingerprint density at radius 3 is 2.91 bits per heavy atom. The van der Waals surface area contributed by atoms with Gasteiger partial charge in [0.25, 0.3) is 0 Å². The van der Waals surface area contributed by atoms with Crippen molar-refractivity contribution < 1.29 is 13.9 Å². The van der Waals surface area contributed by atoms with E-state index in [0.29, 0.717) is 12.1 Å². The van der Waals surface area contributed by atoms with Gasteiger partial charge in [-0.2, -0.15) is 0 Å². The Morgan fingerprint density at radius 1 is 1.14 bits per heavy atom. The lowest BCUT2D eigenvalue weighted by Crippen LogP contribution is -2.47. The second-order valence-corrected chi connectivity index (χ2v) is 5.87. The van der Waals surface area contributed by atoms with Crippen molar-refractivity contribution >= 4 is 16.6 Å². The van der Waals surface area contributed by atoms with E-state index >= 15 is 0 Å². The van der Waals surface area contributed by atoms with Crippen LogP contribution in [0.3, 0.4) is 0 Å². The van der Waals surface area contributed by atoms with Crippen LogP contribution in [-0.4, -0.2) is 43.5 Å². The number of benzene rings is 1. The number of fused-ring (bicyclic) bond motifs is 1. The van der Waals surface area contributed by atoms with Gasteiger partial charge in [-0.15, -0.1) is 0 Å². The maximum Gasteiger partial charge on any atom is 0.149 e. The number of nitrogens with zero attached hydrogens (tertiary/aromatic N) is 2. The molecule has 22 heavy (non-hydrogen) atoms. The smallest absolute Gasteiger partial charge is 0.149 e. The van der Waals surface area contributed by atoms with Gasteiger partial charge in [0.15, 0.2) is 0 Å². The van der Waals surface area contributed by atoms with Crippen molar-refractivity contribution in [2.24, 2.45) is 0 Å². The van der Waals surface area contributed by atoms with E-state index < -0.39 is 0 Å². The van der Waals surface area contributed by atoms with E-state index in [0.717, 1.165) is 43.6 Å². The van der Waals surface area contributed by atoms with E-state index in [1.165, 1.54) is 6.07 Å². The van der Waals surface area contributed by atoms with Crippen LogP contribution in [0.5, 0.6) is 0 Å². The molecule has 1 aromatic heterocycles. The zero-order valence-electron chi connectivity index (χ0n) is 12.4. The molecule has 4 rings (SSSR count). The van der Waals surface area contributed by atoms with Crippen molar-refractivity contribution in [3.63, 3.8) is 0 Å². The highest BCUT2D eigenvalue weighted by Gasteiger charge is 2.31. The molecule has 2 aromatic rings. The van der Waals surface area contributed by atoms with Crippen LogP contribution in [0, 0.1) is 5.82 Å². The second-order valence-electron chi connectivity index (χ2n) is 5.87. The molecular formula is C17H19FN2O2. The summed E-state index contributed by atoms with van der Waals surface area (Å²) in [7, 11) is 0. The van der Waals surface area contributed by atoms with Crippen molar-refractivity contribution in [1.82, 2.24) is 4.98 Å². The molecule has 0 bridgehead atoms. The van der Waals surface area contributed by atoms with E-state index in [2.05, 4.69) is 9.88 Å². The fourth-order valence-electron chi connectivity index (χ4n) is 3.42. The Labute approximate surface area is 128 Å². The predicted molar refractivity (Wildman–Crippen MR) is 82.6 cm³/mol. The Morgan fingerprint density at radius 2 is 2.05 bits per heavy atom. The Hall–Kier alpha value is -1.72. The fourth-order valence-corrected chi connectivity index (χ4v) is 3.42. The first kappa shape index (κ1) is 13.9. The van der Waals surface area contributed by atoms with Gasteiger partial charge in [-0.1, -0.05) is 12.1 Å². The monoisotopic (exact) mass is 302 g/mol. The number of para-hydroxylation sites is 1. The lowest BCUT2D eigenvalue weighted by Gasteiger charge is -2.37. The summed E-state index contributed by atoms with van der Waals surface area (Å²) in [6.07, 6.45) is 4.12. The standard InChI is InChI=1S/C17H19FN2O2/c18-13-4-1-3-12-14(6-7-19-17(12)13)20-8-10-22-16(11-20)15-5-2-9-21-15/h1,3-4,6-7,15-16H,2,5,8-11H2/t15-,16-/m1/s1. The van der Waals surface area contributed by atoms with Gasteiger partial charge < -0.3 is 14.4 Å². The van der Waals surface area contributed by atoms with E-state index in [1.807, 2.05) is 12.1 Å². The second kappa shape index (κ2) is 5.82. The van der Waals surface area contributed by atoms with Crippen LogP contribution >= 0.6 is 0 Å². The van der Waals surface area contributed by atoms with Gasteiger partial charge in [0.2, 0.25) is 0 Å². The SMILES string of the molecule is Fc1cccc2c(N3CCO[C@@H]([C@H]4CCCO4)C3)ccnc12. The first-order valence-corrected chi connectivity index (χ1v) is 7.84. The number of anilines is 1. The quantitative estimate of drug-likeness (QED) is 0.854. The van der Waals surface area contributed by atoms with Crippen LogP contribution < -0.4 is 4.90 Å². The van der Waals surface area contributed by atoms with Crippen molar-refractivity contribution in [3.8, 4) is 0 Å². The highest BCUT2D eigenvalue weighted by molar-refractivity contribution is 5.91. The predicted octanol–water partition coefficient (Wildman–Crippen LogP) is 2.76. The molecule has 0 amide bonds. The molecule has 1 aromatic carbocycles. The molecule has 0 spiro atoms. The molecule has 116 valence electrons. The highest BCUT2D eigenvalue weighted by atomic mass is 19.1. The van der Waals surface area contributed by atoms with Crippen LogP contribution in [0.4, 0.5) is 10.1 Å². The molecule has 5 heteroatoms. The minimum Gasteiger partial charge on any atom is -0.375 e. The maximum atomic E-state index is 13.9. The molecule has 3 heterocycles. The van der Waals surface area contributed by atoms with Crippen LogP contribution in [-0.2, 0) is 9.47 Å². The Balaban J connectivity index is 1.65. The summed E-state index contributed by atoms with van der Waals surface area (Å²) in [6, 6.07) is 7.07. The maximum absolute atomic E-state index is 13.9. The van der Waals surface area contributed by atoms with Crippen molar-refractivity contribution in [3.05, 3.63) is 36.3 Å². The van der Waals surface area contributed by atoms with E-state index in [9.17, 15) is 4.39 Å². The third kappa shape index (κ3) is 2.44. The number of pyridine rings is 1. The molecule has 2 aliphatic heterocycles. The number of hydrogen-bond acceptors (Lipinski definition) is 4. The summed E-state index contributed by atoms with van der Waals surface area (Å²) in [6.45, 7) is 3.08. The molecule has 2 atom stereocenters. The summed E-state index contributed by atoms with van der Waals surface area (Å²) >= 11 is 0. The van der Waals surface area contributed by atoms with Crippen molar-refractivity contribution in [2.75, 3.05) is 31.2 Å². The summed E-state index contributed by atoms with van der Waals surface area (Å²) in [5, 5.41) is 0.857. The molecular weight excluding hydrogens is 283 g/mol. The Kier molecular flexibility index (Phi) is 3.68. The molecule has 0 unspecified atom stereocenters. The molecule has 0 N–H and O–H groups in total. The third-order valence-electron chi connectivity index (χ3n) is 4.51. The van der Waals surface area contributed by atoms with Gasteiger partial charge in [-0.05, 0) is 25.0 Å². The minimum atomic E-state index is -0.275. The lowest BCUT2D eigenvalue weighted by atomic mass is 10.1. The molecule has 2 fully saturated rings. The largest absolute Gasteiger partial charge is 0.375 e. The van der Waals surface area contributed by atoms with Gasteiger partial charge in [-0.3, -0.25) is 4.98 Å². The normalized spacial score (nSPS) is 25.8. The number of halogens is 1. The first-order chi connectivity index (χ1) is 10.8. The first-order valence-electron chi connectivity index (χ1n) is 7.84. The third-order valence-corrected chi connectivity index (χ3v) is 4.51. The fraction of sp³-hybridized carbons (Fsp3) is 0.471. The van der Waals surface area contributed by atoms with Crippen LogP contribution in [0.25, 0.3) is 10.9 Å². The molecule has 4 nitrogen and oxygen atoms in total. The highest BCUT2D eigenvalue weighted by Crippen LogP contribution is 2.29. The van der Waals surface area contributed by atoms with Crippen LogP contribution in [0.2, 0.25) is 0 Å². The molecule has 0 saturated carbocycles. The van der Waals surface area contributed by atoms with Gasteiger partial charge in [0.1, 0.15) is 17.4 Å². The Bertz CT molecular complexity index is 673. The van der Waals surface area contributed by atoms with Gasteiger partial charge >= 0.3 is 0 Å². The van der Waals surface area contributed by atoms with E-state index in [4.69, 9.17) is 9.47 Å². The van der Waals surface area contributed by atoms with Crippen molar-refractivity contribution in [1.29, 1.82) is 0 Å².